The topological polar surface area (TPSA) is 86.8 Å². The maximum Gasteiger partial charge on any atom is 0.264 e. The molecule has 0 aliphatic heterocycles. The van der Waals surface area contributed by atoms with Crippen molar-refractivity contribution in [3.63, 3.8) is 0 Å². The van der Waals surface area contributed by atoms with Crippen LogP contribution in [0.3, 0.4) is 0 Å². The average Bonchev–Trinajstić information content (AvgIpc) is 2.88. The summed E-state index contributed by atoms with van der Waals surface area (Å²) in [5, 5.41) is 2.75. The van der Waals surface area contributed by atoms with Gasteiger partial charge in [-0.2, -0.15) is 0 Å². The Morgan fingerprint density at radius 3 is 2.14 bits per heavy atom. The van der Waals surface area contributed by atoms with Gasteiger partial charge in [0.15, 0.2) is 0 Å². The SMILES string of the molecule is CCNC(=O)C(CC)N(Cc1ccccc1)C(=O)CN(c1ccccc1F)S(=O)(=O)c1ccc(C)cc1. The zero-order valence-corrected chi connectivity index (χ0v) is 22.0. The molecule has 0 aliphatic carbocycles. The molecule has 37 heavy (non-hydrogen) atoms. The van der Waals surface area contributed by atoms with Crippen LogP contribution in [-0.4, -0.2) is 44.3 Å². The van der Waals surface area contributed by atoms with Crippen LogP contribution in [0, 0.1) is 12.7 Å². The number of sulfonamides is 1. The molecule has 0 fully saturated rings. The van der Waals surface area contributed by atoms with Gasteiger partial charge in [-0.1, -0.05) is 67.1 Å². The number of amides is 2. The number of carbonyl (C=O) groups excluding carboxylic acids is 2. The van der Waals surface area contributed by atoms with E-state index in [0.29, 0.717) is 13.0 Å². The third-order valence-electron chi connectivity index (χ3n) is 5.94. The van der Waals surface area contributed by atoms with Crippen LogP contribution in [0.4, 0.5) is 10.1 Å². The third kappa shape index (κ3) is 6.74. The first kappa shape index (κ1) is 27.9. The molecule has 0 saturated heterocycles. The summed E-state index contributed by atoms with van der Waals surface area (Å²) in [6.45, 7) is 5.17. The lowest BCUT2D eigenvalue weighted by Crippen LogP contribution is -2.52. The molecule has 1 atom stereocenters. The van der Waals surface area contributed by atoms with E-state index in [-0.39, 0.29) is 23.0 Å². The second kappa shape index (κ2) is 12.5. The van der Waals surface area contributed by atoms with Crippen molar-refractivity contribution in [1.82, 2.24) is 10.2 Å². The average molecular weight is 526 g/mol. The molecule has 1 unspecified atom stereocenters. The summed E-state index contributed by atoms with van der Waals surface area (Å²) < 4.78 is 43.1. The first-order chi connectivity index (χ1) is 17.7. The first-order valence-corrected chi connectivity index (χ1v) is 13.6. The van der Waals surface area contributed by atoms with E-state index in [1.807, 2.05) is 37.3 Å². The number of anilines is 1. The number of carbonyl (C=O) groups is 2. The second-order valence-corrected chi connectivity index (χ2v) is 10.5. The minimum atomic E-state index is -4.31. The van der Waals surface area contributed by atoms with Crippen molar-refractivity contribution in [2.75, 3.05) is 17.4 Å². The van der Waals surface area contributed by atoms with E-state index in [1.54, 1.807) is 26.0 Å². The highest BCUT2D eigenvalue weighted by Crippen LogP contribution is 2.27. The van der Waals surface area contributed by atoms with E-state index in [4.69, 9.17) is 0 Å². The minimum Gasteiger partial charge on any atom is -0.355 e. The highest BCUT2D eigenvalue weighted by atomic mass is 32.2. The van der Waals surface area contributed by atoms with Crippen molar-refractivity contribution in [3.8, 4) is 0 Å². The fraction of sp³-hybridized carbons (Fsp3) is 0.286. The summed E-state index contributed by atoms with van der Waals surface area (Å²) in [7, 11) is -4.31. The zero-order chi connectivity index (χ0) is 27.0. The van der Waals surface area contributed by atoms with Crippen LogP contribution in [0.5, 0.6) is 0 Å². The number of halogens is 1. The van der Waals surface area contributed by atoms with Gasteiger partial charge in [-0.3, -0.25) is 13.9 Å². The van der Waals surface area contributed by atoms with Crippen LogP contribution in [0.2, 0.25) is 0 Å². The number of nitrogens with one attached hydrogen (secondary N) is 1. The number of aryl methyl sites for hydroxylation is 1. The van der Waals surface area contributed by atoms with E-state index in [0.717, 1.165) is 21.5 Å². The standard InChI is InChI=1S/C28H32FN3O4S/c1-4-25(28(34)30-5-2)31(19-22-11-7-6-8-12-22)27(33)20-32(26-14-10-9-13-24(26)29)37(35,36)23-17-15-21(3)16-18-23/h6-18,25H,4-5,19-20H2,1-3H3,(H,30,34). The Labute approximate surface area is 218 Å². The van der Waals surface area contributed by atoms with Crippen molar-refractivity contribution in [2.24, 2.45) is 0 Å². The van der Waals surface area contributed by atoms with Crippen LogP contribution in [0.15, 0.2) is 83.8 Å². The maximum absolute atomic E-state index is 14.9. The number of para-hydroxylation sites is 1. The molecule has 0 radical (unpaired) electrons. The van der Waals surface area contributed by atoms with E-state index < -0.39 is 34.3 Å². The van der Waals surface area contributed by atoms with Crippen LogP contribution in [0.1, 0.15) is 31.4 Å². The summed E-state index contributed by atoms with van der Waals surface area (Å²) in [5.74, 6) is -1.75. The van der Waals surface area contributed by atoms with Crippen LogP contribution < -0.4 is 9.62 Å². The van der Waals surface area contributed by atoms with Gasteiger partial charge >= 0.3 is 0 Å². The molecule has 9 heteroatoms. The van der Waals surface area contributed by atoms with Crippen LogP contribution in [0.25, 0.3) is 0 Å². The van der Waals surface area contributed by atoms with Crippen LogP contribution >= 0.6 is 0 Å². The highest BCUT2D eigenvalue weighted by Gasteiger charge is 2.34. The van der Waals surface area contributed by atoms with E-state index in [2.05, 4.69) is 5.32 Å². The molecule has 0 aromatic heterocycles. The lowest BCUT2D eigenvalue weighted by atomic mass is 10.1. The lowest BCUT2D eigenvalue weighted by molar-refractivity contribution is -0.140. The van der Waals surface area contributed by atoms with Crippen molar-refractivity contribution < 1.29 is 22.4 Å². The highest BCUT2D eigenvalue weighted by molar-refractivity contribution is 7.92. The molecule has 0 bridgehead atoms. The summed E-state index contributed by atoms with van der Waals surface area (Å²) in [6, 6.07) is 19.8. The summed E-state index contributed by atoms with van der Waals surface area (Å²) in [6.07, 6.45) is 0.314. The molecule has 196 valence electrons. The summed E-state index contributed by atoms with van der Waals surface area (Å²) in [4.78, 5) is 28.0. The number of benzene rings is 3. The fourth-order valence-electron chi connectivity index (χ4n) is 4.00. The van der Waals surface area contributed by atoms with E-state index in [9.17, 15) is 22.4 Å². The smallest absolute Gasteiger partial charge is 0.264 e. The monoisotopic (exact) mass is 525 g/mol. The molecule has 3 aromatic rings. The molecule has 0 saturated carbocycles. The van der Waals surface area contributed by atoms with Crippen molar-refractivity contribution in [1.29, 1.82) is 0 Å². The summed E-state index contributed by atoms with van der Waals surface area (Å²) in [5.41, 5.74) is 1.38. The lowest BCUT2D eigenvalue weighted by Gasteiger charge is -2.33. The van der Waals surface area contributed by atoms with Crippen molar-refractivity contribution in [3.05, 3.63) is 95.8 Å². The van der Waals surface area contributed by atoms with Crippen molar-refractivity contribution >= 4 is 27.5 Å². The largest absolute Gasteiger partial charge is 0.355 e. The Morgan fingerprint density at radius 1 is 0.919 bits per heavy atom. The predicted molar refractivity (Wildman–Crippen MR) is 142 cm³/mol. The third-order valence-corrected chi connectivity index (χ3v) is 7.72. The number of hydrogen-bond acceptors (Lipinski definition) is 4. The van der Waals surface area contributed by atoms with Gasteiger partial charge in [0.05, 0.1) is 10.6 Å². The number of hydrogen-bond donors (Lipinski definition) is 1. The Morgan fingerprint density at radius 2 is 1.54 bits per heavy atom. The quantitative estimate of drug-likeness (QED) is 0.405. The Bertz CT molecular complexity index is 1310. The molecule has 7 nitrogen and oxygen atoms in total. The van der Waals surface area contributed by atoms with Gasteiger partial charge in [0.1, 0.15) is 18.4 Å². The van der Waals surface area contributed by atoms with Crippen molar-refractivity contribution in [2.45, 2.75) is 44.7 Å². The summed E-state index contributed by atoms with van der Waals surface area (Å²) >= 11 is 0. The predicted octanol–water partition coefficient (Wildman–Crippen LogP) is 4.27. The van der Waals surface area contributed by atoms with Gasteiger partial charge in [0.25, 0.3) is 10.0 Å². The molecule has 0 aliphatic rings. The Hall–Kier alpha value is -3.72. The van der Waals surface area contributed by atoms with Gasteiger partial charge in [0.2, 0.25) is 11.8 Å². The molecular weight excluding hydrogens is 493 g/mol. The molecule has 1 N–H and O–H groups in total. The molecule has 2 amide bonds. The number of nitrogens with zero attached hydrogens (tertiary/aromatic N) is 2. The van der Waals surface area contributed by atoms with Gasteiger partial charge in [0, 0.05) is 13.1 Å². The Kier molecular flexibility index (Phi) is 9.41. The zero-order valence-electron chi connectivity index (χ0n) is 21.2. The fourth-order valence-corrected chi connectivity index (χ4v) is 5.42. The van der Waals surface area contributed by atoms with Crippen LogP contribution in [-0.2, 0) is 26.2 Å². The Balaban J connectivity index is 2.06. The number of likely N-dealkylation sites (N-methyl/N-ethyl adjacent to an activating group) is 1. The second-order valence-electron chi connectivity index (χ2n) is 8.60. The first-order valence-electron chi connectivity index (χ1n) is 12.1. The van der Waals surface area contributed by atoms with Gasteiger partial charge in [-0.25, -0.2) is 12.8 Å². The maximum atomic E-state index is 14.9. The molecule has 3 rings (SSSR count). The van der Waals surface area contributed by atoms with Gasteiger partial charge < -0.3 is 10.2 Å². The molecule has 0 spiro atoms. The van der Waals surface area contributed by atoms with E-state index >= 15 is 0 Å². The minimum absolute atomic E-state index is 0.0699. The number of rotatable bonds is 11. The normalized spacial score (nSPS) is 12.0. The van der Waals surface area contributed by atoms with Gasteiger partial charge in [-0.05, 0) is 50.1 Å². The van der Waals surface area contributed by atoms with Gasteiger partial charge in [-0.15, -0.1) is 0 Å². The molecular formula is C28H32FN3O4S. The molecule has 3 aromatic carbocycles. The molecule has 0 heterocycles. The van der Waals surface area contributed by atoms with E-state index in [1.165, 1.54) is 35.2 Å².